The third-order valence-corrected chi connectivity index (χ3v) is 6.04. The van der Waals surface area contributed by atoms with Crippen LogP contribution in [-0.4, -0.2) is 34.0 Å². The van der Waals surface area contributed by atoms with Gasteiger partial charge >= 0.3 is 0 Å². The summed E-state index contributed by atoms with van der Waals surface area (Å²) >= 11 is 11.8. The number of benzene rings is 2. The molecule has 0 aliphatic carbocycles. The molecule has 6 nitrogen and oxygen atoms in total. The Bertz CT molecular complexity index is 902. The van der Waals surface area contributed by atoms with E-state index in [1.165, 1.54) is 25.1 Å². The molecule has 2 aromatic carbocycles. The van der Waals surface area contributed by atoms with Crippen molar-refractivity contribution in [3.8, 4) is 5.75 Å². The van der Waals surface area contributed by atoms with Crippen molar-refractivity contribution in [3.63, 3.8) is 0 Å². The first-order chi connectivity index (χ1) is 12.7. The lowest BCUT2D eigenvalue weighted by molar-refractivity contribution is -0.122. The first-order valence-corrected chi connectivity index (χ1v) is 10.3. The number of nitrogens with one attached hydrogen (secondary N) is 2. The van der Waals surface area contributed by atoms with Crippen LogP contribution in [0.1, 0.15) is 12.5 Å². The number of halogens is 2. The molecule has 0 aliphatic rings. The van der Waals surface area contributed by atoms with E-state index in [1.54, 1.807) is 7.11 Å². The van der Waals surface area contributed by atoms with E-state index in [-0.39, 0.29) is 14.9 Å². The summed E-state index contributed by atoms with van der Waals surface area (Å²) in [6.45, 7) is 1.83. The maximum atomic E-state index is 12.4. The fourth-order valence-electron chi connectivity index (χ4n) is 2.31. The zero-order chi connectivity index (χ0) is 20.0. The zero-order valence-electron chi connectivity index (χ0n) is 14.8. The largest absolute Gasteiger partial charge is 0.497 e. The molecule has 146 valence electrons. The molecule has 0 fully saturated rings. The SMILES string of the molecule is COc1ccc(CCNC(=O)[C@@H](C)NS(=O)(=O)c2cc(Cl)ccc2Cl)cc1. The summed E-state index contributed by atoms with van der Waals surface area (Å²) in [5.74, 6) is 0.315. The van der Waals surface area contributed by atoms with Gasteiger partial charge in [-0.1, -0.05) is 35.3 Å². The minimum Gasteiger partial charge on any atom is -0.497 e. The van der Waals surface area contributed by atoms with Crippen LogP contribution in [-0.2, 0) is 21.2 Å². The van der Waals surface area contributed by atoms with Crippen LogP contribution in [0.5, 0.6) is 5.75 Å². The van der Waals surface area contributed by atoms with Crippen molar-refractivity contribution in [1.82, 2.24) is 10.0 Å². The van der Waals surface area contributed by atoms with Crippen molar-refractivity contribution in [1.29, 1.82) is 0 Å². The van der Waals surface area contributed by atoms with Crippen LogP contribution < -0.4 is 14.8 Å². The molecule has 0 heterocycles. The van der Waals surface area contributed by atoms with E-state index in [0.717, 1.165) is 11.3 Å². The first kappa shape index (κ1) is 21.5. The van der Waals surface area contributed by atoms with E-state index >= 15 is 0 Å². The molecule has 0 radical (unpaired) electrons. The molecule has 0 bridgehead atoms. The van der Waals surface area contributed by atoms with E-state index < -0.39 is 22.0 Å². The molecular weight excluding hydrogens is 411 g/mol. The number of methoxy groups -OCH3 is 1. The summed E-state index contributed by atoms with van der Waals surface area (Å²) in [5.41, 5.74) is 1.02. The van der Waals surface area contributed by atoms with Crippen LogP contribution in [0.4, 0.5) is 0 Å². The monoisotopic (exact) mass is 430 g/mol. The molecule has 2 rings (SSSR count). The number of hydrogen-bond acceptors (Lipinski definition) is 4. The highest BCUT2D eigenvalue weighted by molar-refractivity contribution is 7.89. The molecular formula is C18H20Cl2N2O4S. The van der Waals surface area contributed by atoms with Crippen LogP contribution in [0.25, 0.3) is 0 Å². The quantitative estimate of drug-likeness (QED) is 0.673. The van der Waals surface area contributed by atoms with Crippen LogP contribution in [0, 0.1) is 0 Å². The average molecular weight is 431 g/mol. The molecule has 0 unspecified atom stereocenters. The van der Waals surface area contributed by atoms with Gasteiger partial charge in [-0.15, -0.1) is 0 Å². The first-order valence-electron chi connectivity index (χ1n) is 8.11. The van der Waals surface area contributed by atoms with Gasteiger partial charge in [-0.05, 0) is 49.2 Å². The van der Waals surface area contributed by atoms with E-state index in [4.69, 9.17) is 27.9 Å². The lowest BCUT2D eigenvalue weighted by Crippen LogP contribution is -2.45. The fourth-order valence-corrected chi connectivity index (χ4v) is 4.27. The smallest absolute Gasteiger partial charge is 0.242 e. The highest BCUT2D eigenvalue weighted by Gasteiger charge is 2.24. The number of sulfonamides is 1. The van der Waals surface area contributed by atoms with Gasteiger partial charge in [0.2, 0.25) is 15.9 Å². The Kier molecular flexibility index (Phi) is 7.49. The molecule has 0 aliphatic heterocycles. The number of carbonyl (C=O) groups excluding carboxylic acids is 1. The van der Waals surface area contributed by atoms with Gasteiger partial charge in [-0.25, -0.2) is 8.42 Å². The van der Waals surface area contributed by atoms with Gasteiger partial charge < -0.3 is 10.1 Å². The van der Waals surface area contributed by atoms with Crippen LogP contribution in [0.15, 0.2) is 47.4 Å². The van der Waals surface area contributed by atoms with Crippen molar-refractivity contribution in [2.75, 3.05) is 13.7 Å². The normalized spacial score (nSPS) is 12.4. The Labute approximate surface area is 168 Å². The minimum absolute atomic E-state index is 0.0269. The van der Waals surface area contributed by atoms with Crippen molar-refractivity contribution in [3.05, 3.63) is 58.1 Å². The second kappa shape index (κ2) is 9.41. The van der Waals surface area contributed by atoms with E-state index in [0.29, 0.717) is 13.0 Å². The van der Waals surface area contributed by atoms with Crippen molar-refractivity contribution < 1.29 is 17.9 Å². The molecule has 0 aromatic heterocycles. The Morgan fingerprint density at radius 2 is 1.81 bits per heavy atom. The average Bonchev–Trinajstić information content (AvgIpc) is 2.63. The van der Waals surface area contributed by atoms with Gasteiger partial charge in [0.15, 0.2) is 0 Å². The van der Waals surface area contributed by atoms with E-state index in [9.17, 15) is 13.2 Å². The van der Waals surface area contributed by atoms with Gasteiger partial charge in [-0.2, -0.15) is 4.72 Å². The van der Waals surface area contributed by atoms with Crippen molar-refractivity contribution in [2.45, 2.75) is 24.3 Å². The minimum atomic E-state index is -3.98. The topological polar surface area (TPSA) is 84.5 Å². The van der Waals surface area contributed by atoms with E-state index in [2.05, 4.69) is 10.0 Å². The molecule has 9 heteroatoms. The Hall–Kier alpha value is -1.80. The molecule has 0 spiro atoms. The molecule has 27 heavy (non-hydrogen) atoms. The van der Waals surface area contributed by atoms with Crippen molar-refractivity contribution in [2.24, 2.45) is 0 Å². The predicted octanol–water partition coefficient (Wildman–Crippen LogP) is 3.03. The predicted molar refractivity (Wildman–Crippen MR) is 106 cm³/mol. The van der Waals surface area contributed by atoms with Gasteiger partial charge in [0.25, 0.3) is 0 Å². The highest BCUT2D eigenvalue weighted by atomic mass is 35.5. The second-order valence-electron chi connectivity index (χ2n) is 5.81. The maximum Gasteiger partial charge on any atom is 0.242 e. The molecule has 2 aromatic rings. The van der Waals surface area contributed by atoms with Crippen LogP contribution in [0.3, 0.4) is 0 Å². The maximum absolute atomic E-state index is 12.4. The van der Waals surface area contributed by atoms with Gasteiger partial charge in [-0.3, -0.25) is 4.79 Å². The highest BCUT2D eigenvalue weighted by Crippen LogP contribution is 2.25. The lowest BCUT2D eigenvalue weighted by atomic mass is 10.1. The lowest BCUT2D eigenvalue weighted by Gasteiger charge is -2.15. The Balaban J connectivity index is 1.91. The summed E-state index contributed by atoms with van der Waals surface area (Å²) in [5, 5.41) is 2.96. The molecule has 1 atom stereocenters. The number of rotatable bonds is 8. The second-order valence-corrected chi connectivity index (χ2v) is 8.33. The molecule has 2 N–H and O–H groups in total. The van der Waals surface area contributed by atoms with Crippen LogP contribution >= 0.6 is 23.2 Å². The number of amides is 1. The summed E-state index contributed by atoms with van der Waals surface area (Å²) in [7, 11) is -2.39. The third-order valence-electron chi connectivity index (χ3n) is 3.78. The van der Waals surface area contributed by atoms with E-state index in [1.807, 2.05) is 24.3 Å². The summed E-state index contributed by atoms with van der Waals surface area (Å²) in [4.78, 5) is 12.0. The number of ether oxygens (including phenoxy) is 1. The van der Waals surface area contributed by atoms with Gasteiger partial charge in [0, 0.05) is 11.6 Å². The summed E-state index contributed by atoms with van der Waals surface area (Å²) in [6.07, 6.45) is 0.606. The van der Waals surface area contributed by atoms with Crippen molar-refractivity contribution >= 4 is 39.1 Å². The zero-order valence-corrected chi connectivity index (χ0v) is 17.2. The standard InChI is InChI=1S/C18H20Cl2N2O4S/c1-12(22-27(24,25)17-11-14(19)5-8-16(17)20)18(23)21-10-9-13-3-6-15(26-2)7-4-13/h3-8,11-12,22H,9-10H2,1-2H3,(H,21,23)/t12-/m1/s1. The number of carbonyl (C=O) groups is 1. The molecule has 0 saturated heterocycles. The summed E-state index contributed by atoms with van der Waals surface area (Å²) < 4.78 is 32.3. The number of hydrogen-bond donors (Lipinski definition) is 2. The van der Waals surface area contributed by atoms with Crippen LogP contribution in [0.2, 0.25) is 10.0 Å². The fraction of sp³-hybridized carbons (Fsp3) is 0.278. The Morgan fingerprint density at radius 3 is 2.44 bits per heavy atom. The summed E-state index contributed by atoms with van der Waals surface area (Å²) in [6, 6.07) is 10.6. The Morgan fingerprint density at radius 1 is 1.15 bits per heavy atom. The molecule has 0 saturated carbocycles. The van der Waals surface area contributed by atoms with Gasteiger partial charge in [0.05, 0.1) is 18.2 Å². The third kappa shape index (κ3) is 6.10. The molecule has 1 amide bonds. The van der Waals surface area contributed by atoms with Gasteiger partial charge in [0.1, 0.15) is 10.6 Å².